The van der Waals surface area contributed by atoms with Crippen molar-refractivity contribution in [2.75, 3.05) is 6.61 Å². The summed E-state index contributed by atoms with van der Waals surface area (Å²) in [6.45, 7) is 2.90. The Morgan fingerprint density at radius 1 is 1.19 bits per heavy atom. The molecule has 3 rings (SSSR count). The molecule has 0 aliphatic heterocycles. The van der Waals surface area contributed by atoms with Gasteiger partial charge in [-0.15, -0.1) is 11.3 Å². The van der Waals surface area contributed by atoms with Gasteiger partial charge >= 0.3 is 5.97 Å². The summed E-state index contributed by atoms with van der Waals surface area (Å²) in [5, 5.41) is 3.50. The van der Waals surface area contributed by atoms with Crippen molar-refractivity contribution >= 4 is 33.3 Å². The predicted molar refractivity (Wildman–Crippen MR) is 99.8 cm³/mol. The summed E-state index contributed by atoms with van der Waals surface area (Å²) in [5.41, 5.74) is 0.958. The molecule has 3 aromatic rings. The summed E-state index contributed by atoms with van der Waals surface area (Å²) in [6, 6.07) is 10.1. The molecule has 0 aliphatic carbocycles. The van der Waals surface area contributed by atoms with E-state index in [9.17, 15) is 18.4 Å². The van der Waals surface area contributed by atoms with Crippen LogP contribution in [0, 0.1) is 18.6 Å². The second-order valence-electron chi connectivity index (χ2n) is 6.08. The van der Waals surface area contributed by atoms with E-state index < -0.39 is 36.2 Å². The first-order chi connectivity index (χ1) is 12.9. The maximum Gasteiger partial charge on any atom is 0.349 e. The lowest BCUT2D eigenvalue weighted by atomic mass is 10.1. The molecule has 0 spiro atoms. The molecular formula is C20H17F2NO3S. The number of rotatable bonds is 5. The highest BCUT2D eigenvalue weighted by atomic mass is 32.1. The maximum atomic E-state index is 13.8. The molecule has 1 amide bonds. The van der Waals surface area contributed by atoms with Gasteiger partial charge in [0.1, 0.15) is 16.5 Å². The second kappa shape index (κ2) is 7.84. The number of ether oxygens (including phenoxy) is 1. The molecule has 0 aliphatic rings. The summed E-state index contributed by atoms with van der Waals surface area (Å²) in [5.74, 6) is -2.59. The number of carbonyl (C=O) groups is 2. The van der Waals surface area contributed by atoms with E-state index in [2.05, 4.69) is 5.32 Å². The van der Waals surface area contributed by atoms with Crippen molar-refractivity contribution in [2.24, 2.45) is 0 Å². The second-order valence-corrected chi connectivity index (χ2v) is 7.14. The van der Waals surface area contributed by atoms with Gasteiger partial charge in [-0.05, 0) is 36.9 Å². The molecule has 1 atom stereocenters. The molecule has 0 fully saturated rings. The maximum absolute atomic E-state index is 13.8. The first kappa shape index (κ1) is 19.0. The third kappa shape index (κ3) is 4.14. The van der Waals surface area contributed by atoms with Crippen molar-refractivity contribution in [3.63, 3.8) is 0 Å². The number of hydrogen-bond acceptors (Lipinski definition) is 4. The number of esters is 1. The first-order valence-corrected chi connectivity index (χ1v) is 9.08. The van der Waals surface area contributed by atoms with Crippen LogP contribution in [-0.2, 0) is 9.53 Å². The van der Waals surface area contributed by atoms with Crippen molar-refractivity contribution in [1.29, 1.82) is 0 Å². The number of thiophene rings is 1. The number of halogens is 2. The van der Waals surface area contributed by atoms with Crippen LogP contribution in [-0.4, -0.2) is 18.5 Å². The lowest BCUT2D eigenvalue weighted by molar-refractivity contribution is -0.124. The summed E-state index contributed by atoms with van der Waals surface area (Å²) < 4.78 is 32.8. The molecule has 4 nitrogen and oxygen atoms in total. The SMILES string of the molecule is Cc1c(C(=O)OCC(=O)N[C@@H](C)c2ccc(F)cc2F)sc2ccccc12. The molecule has 27 heavy (non-hydrogen) atoms. The van der Waals surface area contributed by atoms with E-state index in [0.29, 0.717) is 4.88 Å². The molecule has 7 heteroatoms. The van der Waals surface area contributed by atoms with Crippen LogP contribution in [0.2, 0.25) is 0 Å². The number of nitrogens with one attached hydrogen (secondary N) is 1. The molecule has 0 saturated heterocycles. The van der Waals surface area contributed by atoms with E-state index in [1.807, 2.05) is 31.2 Å². The highest BCUT2D eigenvalue weighted by molar-refractivity contribution is 7.21. The van der Waals surface area contributed by atoms with E-state index in [4.69, 9.17) is 4.74 Å². The van der Waals surface area contributed by atoms with Crippen LogP contribution in [0.5, 0.6) is 0 Å². The third-order valence-corrected chi connectivity index (χ3v) is 5.42. The Labute approximate surface area is 158 Å². The quantitative estimate of drug-likeness (QED) is 0.653. The number of amides is 1. The van der Waals surface area contributed by atoms with Crippen molar-refractivity contribution < 1.29 is 23.1 Å². The molecule has 140 valence electrons. The third-order valence-electron chi connectivity index (χ3n) is 4.17. The standard InChI is InChI=1S/C20H17F2NO3S/c1-11-14-5-3-4-6-17(14)27-19(11)20(25)26-10-18(24)23-12(2)15-8-7-13(21)9-16(15)22/h3-9,12H,10H2,1-2H3,(H,23,24)/t12-/m0/s1. The Kier molecular flexibility index (Phi) is 5.51. The minimum atomic E-state index is -0.749. The van der Waals surface area contributed by atoms with Crippen LogP contribution in [0.15, 0.2) is 42.5 Å². The predicted octanol–water partition coefficient (Wildman–Crippen LogP) is 4.52. The van der Waals surface area contributed by atoms with Gasteiger partial charge < -0.3 is 10.1 Å². The zero-order valence-electron chi connectivity index (χ0n) is 14.7. The molecule has 1 heterocycles. The average Bonchev–Trinajstić information content (AvgIpc) is 2.97. The summed E-state index contributed by atoms with van der Waals surface area (Å²) in [6.07, 6.45) is 0. The van der Waals surface area contributed by atoms with Gasteiger partial charge in [-0.2, -0.15) is 0 Å². The minimum Gasteiger partial charge on any atom is -0.451 e. The van der Waals surface area contributed by atoms with Crippen LogP contribution < -0.4 is 5.32 Å². The zero-order valence-corrected chi connectivity index (χ0v) is 15.5. The normalized spacial score (nSPS) is 12.0. The smallest absolute Gasteiger partial charge is 0.349 e. The first-order valence-electron chi connectivity index (χ1n) is 8.26. The minimum absolute atomic E-state index is 0.149. The van der Waals surface area contributed by atoms with Gasteiger partial charge in [-0.25, -0.2) is 13.6 Å². The topological polar surface area (TPSA) is 55.4 Å². The van der Waals surface area contributed by atoms with Gasteiger partial charge in [0.15, 0.2) is 6.61 Å². The van der Waals surface area contributed by atoms with Gasteiger partial charge in [0.05, 0.1) is 6.04 Å². The number of aryl methyl sites for hydroxylation is 1. The van der Waals surface area contributed by atoms with E-state index in [1.54, 1.807) is 6.92 Å². The van der Waals surface area contributed by atoms with E-state index in [1.165, 1.54) is 17.4 Å². The van der Waals surface area contributed by atoms with Crippen molar-refractivity contribution in [3.8, 4) is 0 Å². The van der Waals surface area contributed by atoms with Crippen molar-refractivity contribution in [2.45, 2.75) is 19.9 Å². The van der Waals surface area contributed by atoms with E-state index in [-0.39, 0.29) is 5.56 Å². The van der Waals surface area contributed by atoms with Crippen molar-refractivity contribution in [3.05, 3.63) is 70.1 Å². The molecule has 2 aromatic carbocycles. The van der Waals surface area contributed by atoms with Gasteiger partial charge in [0, 0.05) is 16.3 Å². The Bertz CT molecular complexity index is 1020. The molecule has 1 aromatic heterocycles. The molecule has 0 bridgehead atoms. The Balaban J connectivity index is 1.61. The fraction of sp³-hybridized carbons (Fsp3) is 0.200. The summed E-state index contributed by atoms with van der Waals surface area (Å²) >= 11 is 1.31. The largest absolute Gasteiger partial charge is 0.451 e. The summed E-state index contributed by atoms with van der Waals surface area (Å²) in [7, 11) is 0. The molecule has 1 N–H and O–H groups in total. The molecule has 0 unspecified atom stereocenters. The number of carbonyl (C=O) groups excluding carboxylic acids is 2. The Morgan fingerprint density at radius 2 is 1.93 bits per heavy atom. The number of fused-ring (bicyclic) bond motifs is 1. The highest BCUT2D eigenvalue weighted by Crippen LogP contribution is 2.31. The van der Waals surface area contributed by atoms with Crippen LogP contribution in [0.1, 0.15) is 33.8 Å². The Hall–Kier alpha value is -2.80. The van der Waals surface area contributed by atoms with Crippen LogP contribution in [0.3, 0.4) is 0 Å². The van der Waals surface area contributed by atoms with Crippen LogP contribution in [0.25, 0.3) is 10.1 Å². The number of hydrogen-bond donors (Lipinski definition) is 1. The highest BCUT2D eigenvalue weighted by Gasteiger charge is 2.19. The number of benzene rings is 2. The monoisotopic (exact) mass is 389 g/mol. The lowest BCUT2D eigenvalue weighted by Crippen LogP contribution is -2.31. The van der Waals surface area contributed by atoms with Gasteiger partial charge in [-0.3, -0.25) is 4.79 Å². The van der Waals surface area contributed by atoms with Gasteiger partial charge in [-0.1, -0.05) is 24.3 Å². The molecule has 0 saturated carbocycles. The molecule has 0 radical (unpaired) electrons. The zero-order chi connectivity index (χ0) is 19.6. The fourth-order valence-corrected chi connectivity index (χ4v) is 3.88. The summed E-state index contributed by atoms with van der Waals surface area (Å²) in [4.78, 5) is 24.8. The molecular weight excluding hydrogens is 372 g/mol. The van der Waals surface area contributed by atoms with E-state index >= 15 is 0 Å². The van der Waals surface area contributed by atoms with Gasteiger partial charge in [0.2, 0.25) is 0 Å². The van der Waals surface area contributed by atoms with Crippen LogP contribution >= 0.6 is 11.3 Å². The van der Waals surface area contributed by atoms with Crippen LogP contribution in [0.4, 0.5) is 8.78 Å². The Morgan fingerprint density at radius 3 is 2.63 bits per heavy atom. The average molecular weight is 389 g/mol. The van der Waals surface area contributed by atoms with Crippen molar-refractivity contribution in [1.82, 2.24) is 5.32 Å². The lowest BCUT2D eigenvalue weighted by Gasteiger charge is -2.15. The fourth-order valence-electron chi connectivity index (χ4n) is 2.78. The van der Waals surface area contributed by atoms with Gasteiger partial charge in [0.25, 0.3) is 5.91 Å². The van der Waals surface area contributed by atoms with E-state index in [0.717, 1.165) is 27.8 Å².